The van der Waals surface area contributed by atoms with E-state index < -0.39 is 5.97 Å². The Morgan fingerprint density at radius 1 is 0.966 bits per heavy atom. The monoisotopic (exact) mass is 396 g/mol. The summed E-state index contributed by atoms with van der Waals surface area (Å²) in [4.78, 5) is 36.3. The van der Waals surface area contributed by atoms with Crippen molar-refractivity contribution in [2.75, 3.05) is 25.1 Å². The topological polar surface area (TPSA) is 93.7 Å². The summed E-state index contributed by atoms with van der Waals surface area (Å²) in [6.07, 6.45) is 2.06. The van der Waals surface area contributed by atoms with Crippen molar-refractivity contribution < 1.29 is 23.9 Å². The van der Waals surface area contributed by atoms with Gasteiger partial charge in [0.15, 0.2) is 0 Å². The van der Waals surface area contributed by atoms with Crippen molar-refractivity contribution in [2.24, 2.45) is 0 Å². The fourth-order valence-electron chi connectivity index (χ4n) is 2.99. The Kier molecular flexibility index (Phi) is 6.97. The van der Waals surface area contributed by atoms with Gasteiger partial charge in [-0.25, -0.2) is 4.79 Å². The first-order valence-corrected chi connectivity index (χ1v) is 9.65. The van der Waals surface area contributed by atoms with E-state index in [9.17, 15) is 14.4 Å². The number of benzene rings is 2. The van der Waals surface area contributed by atoms with Crippen molar-refractivity contribution in [3.8, 4) is 0 Å². The van der Waals surface area contributed by atoms with Gasteiger partial charge in [-0.1, -0.05) is 0 Å². The summed E-state index contributed by atoms with van der Waals surface area (Å²) in [5, 5.41) is 5.61. The first kappa shape index (κ1) is 20.5. The van der Waals surface area contributed by atoms with Gasteiger partial charge in [-0.15, -0.1) is 0 Å². The fraction of sp³-hybridized carbons (Fsp3) is 0.318. The van der Waals surface area contributed by atoms with Crippen molar-refractivity contribution in [1.29, 1.82) is 0 Å². The van der Waals surface area contributed by atoms with Crippen LogP contribution >= 0.6 is 0 Å². The Balaban J connectivity index is 1.54. The zero-order chi connectivity index (χ0) is 20.6. The van der Waals surface area contributed by atoms with Crippen LogP contribution in [-0.4, -0.2) is 43.6 Å². The first-order chi connectivity index (χ1) is 14.1. The predicted molar refractivity (Wildman–Crippen MR) is 108 cm³/mol. The molecule has 0 aliphatic carbocycles. The molecule has 0 radical (unpaired) electrons. The zero-order valence-corrected chi connectivity index (χ0v) is 16.3. The lowest BCUT2D eigenvalue weighted by Gasteiger charge is -2.11. The van der Waals surface area contributed by atoms with Crippen molar-refractivity contribution in [3.63, 3.8) is 0 Å². The summed E-state index contributed by atoms with van der Waals surface area (Å²) in [6.45, 7) is 3.28. The Morgan fingerprint density at radius 2 is 1.59 bits per heavy atom. The Hall–Kier alpha value is -3.19. The Morgan fingerprint density at radius 3 is 2.17 bits per heavy atom. The predicted octanol–water partition coefficient (Wildman–Crippen LogP) is 3.02. The Bertz CT molecular complexity index is 856. The van der Waals surface area contributed by atoms with Crippen molar-refractivity contribution in [2.45, 2.75) is 25.9 Å². The highest BCUT2D eigenvalue weighted by atomic mass is 16.5. The third-order valence-electron chi connectivity index (χ3n) is 4.58. The highest BCUT2D eigenvalue weighted by molar-refractivity contribution is 6.05. The molecular formula is C22H24N2O5. The summed E-state index contributed by atoms with van der Waals surface area (Å²) in [5.74, 6) is -0.902. The summed E-state index contributed by atoms with van der Waals surface area (Å²) >= 11 is 0. The first-order valence-electron chi connectivity index (χ1n) is 9.65. The van der Waals surface area contributed by atoms with Crippen LogP contribution in [0, 0.1) is 0 Å². The van der Waals surface area contributed by atoms with Crippen LogP contribution in [0.3, 0.4) is 0 Å². The van der Waals surface area contributed by atoms with E-state index in [-0.39, 0.29) is 17.9 Å². The van der Waals surface area contributed by atoms with Gasteiger partial charge in [0.25, 0.3) is 11.8 Å². The van der Waals surface area contributed by atoms with E-state index in [4.69, 9.17) is 9.47 Å². The summed E-state index contributed by atoms with van der Waals surface area (Å²) < 4.78 is 10.4. The number of hydrogen-bond donors (Lipinski definition) is 2. The molecule has 29 heavy (non-hydrogen) atoms. The van der Waals surface area contributed by atoms with Crippen LogP contribution in [0.4, 0.5) is 5.69 Å². The molecule has 7 heteroatoms. The van der Waals surface area contributed by atoms with Gasteiger partial charge in [-0.3, -0.25) is 9.59 Å². The maximum absolute atomic E-state index is 12.4. The molecule has 1 aliphatic rings. The maximum atomic E-state index is 12.4. The standard InChI is InChI=1S/C22H24N2O5/c1-2-28-22(27)17-9-11-18(12-10-17)24-21(26)16-7-5-15(6-8-16)20(25)23-14-19-4-3-13-29-19/h5-12,19H,2-4,13-14H2,1H3,(H,23,25)(H,24,26). The Labute approximate surface area is 169 Å². The minimum absolute atomic E-state index is 0.0826. The van der Waals surface area contributed by atoms with Crippen LogP contribution in [0.25, 0.3) is 0 Å². The van der Waals surface area contributed by atoms with Gasteiger partial charge < -0.3 is 20.1 Å². The molecule has 0 spiro atoms. The number of anilines is 1. The largest absolute Gasteiger partial charge is 0.462 e. The third kappa shape index (κ3) is 5.65. The number of ether oxygens (including phenoxy) is 2. The van der Waals surface area contributed by atoms with Crippen molar-refractivity contribution in [1.82, 2.24) is 5.32 Å². The van der Waals surface area contributed by atoms with Crippen LogP contribution in [-0.2, 0) is 9.47 Å². The second kappa shape index (κ2) is 9.84. The van der Waals surface area contributed by atoms with Gasteiger partial charge >= 0.3 is 5.97 Å². The van der Waals surface area contributed by atoms with Gasteiger partial charge in [-0.05, 0) is 68.3 Å². The van der Waals surface area contributed by atoms with E-state index >= 15 is 0 Å². The van der Waals surface area contributed by atoms with Crippen molar-refractivity contribution >= 4 is 23.5 Å². The lowest BCUT2D eigenvalue weighted by atomic mass is 10.1. The molecule has 0 saturated carbocycles. The number of rotatable bonds is 7. The number of nitrogens with one attached hydrogen (secondary N) is 2. The number of amides is 2. The van der Waals surface area contributed by atoms with Crippen LogP contribution in [0.1, 0.15) is 50.8 Å². The molecule has 2 aromatic carbocycles. The van der Waals surface area contributed by atoms with Crippen LogP contribution in [0.15, 0.2) is 48.5 Å². The van der Waals surface area contributed by atoms with Gasteiger partial charge in [0.1, 0.15) is 0 Å². The molecule has 2 aromatic rings. The highest BCUT2D eigenvalue weighted by Gasteiger charge is 2.17. The molecule has 3 rings (SSSR count). The molecule has 1 atom stereocenters. The van der Waals surface area contributed by atoms with E-state index in [2.05, 4.69) is 10.6 Å². The van der Waals surface area contributed by atoms with Crippen LogP contribution in [0.2, 0.25) is 0 Å². The lowest BCUT2D eigenvalue weighted by Crippen LogP contribution is -2.31. The third-order valence-corrected chi connectivity index (χ3v) is 4.58. The van der Waals surface area contributed by atoms with Crippen LogP contribution in [0.5, 0.6) is 0 Å². The van der Waals surface area contributed by atoms with E-state index in [1.54, 1.807) is 55.5 Å². The molecule has 1 fully saturated rings. The minimum Gasteiger partial charge on any atom is -0.462 e. The summed E-state index contributed by atoms with van der Waals surface area (Å²) in [6, 6.07) is 12.9. The molecule has 7 nitrogen and oxygen atoms in total. The number of hydrogen-bond acceptors (Lipinski definition) is 5. The number of carbonyl (C=O) groups excluding carboxylic acids is 3. The molecule has 0 bridgehead atoms. The molecule has 2 amide bonds. The maximum Gasteiger partial charge on any atom is 0.338 e. The average Bonchev–Trinajstić information content (AvgIpc) is 3.26. The summed E-state index contributed by atoms with van der Waals surface area (Å²) in [7, 11) is 0. The van der Waals surface area contributed by atoms with E-state index in [0.29, 0.717) is 35.5 Å². The highest BCUT2D eigenvalue weighted by Crippen LogP contribution is 2.14. The molecule has 1 aliphatic heterocycles. The fourth-order valence-corrected chi connectivity index (χ4v) is 2.99. The van der Waals surface area contributed by atoms with E-state index in [1.807, 2.05) is 0 Å². The van der Waals surface area contributed by atoms with Crippen LogP contribution < -0.4 is 10.6 Å². The lowest BCUT2D eigenvalue weighted by molar-refractivity contribution is 0.0526. The molecule has 1 heterocycles. The molecule has 1 unspecified atom stereocenters. The second-order valence-electron chi connectivity index (χ2n) is 6.67. The second-order valence-corrected chi connectivity index (χ2v) is 6.67. The molecule has 0 aromatic heterocycles. The zero-order valence-electron chi connectivity index (χ0n) is 16.3. The van der Waals surface area contributed by atoms with Crippen molar-refractivity contribution in [3.05, 3.63) is 65.2 Å². The molecule has 2 N–H and O–H groups in total. The smallest absolute Gasteiger partial charge is 0.338 e. The molecular weight excluding hydrogens is 372 g/mol. The SMILES string of the molecule is CCOC(=O)c1ccc(NC(=O)c2ccc(C(=O)NCC3CCCO3)cc2)cc1. The summed E-state index contributed by atoms with van der Waals surface area (Å²) in [5.41, 5.74) is 1.89. The molecule has 152 valence electrons. The van der Waals surface area contributed by atoms with E-state index in [1.165, 1.54) is 0 Å². The minimum atomic E-state index is -0.404. The average molecular weight is 396 g/mol. The number of esters is 1. The normalized spacial score (nSPS) is 15.6. The quantitative estimate of drug-likeness (QED) is 0.702. The molecule has 1 saturated heterocycles. The van der Waals surface area contributed by atoms with Gasteiger partial charge in [0, 0.05) is 30.0 Å². The van der Waals surface area contributed by atoms with Gasteiger partial charge in [-0.2, -0.15) is 0 Å². The van der Waals surface area contributed by atoms with Gasteiger partial charge in [0.2, 0.25) is 0 Å². The number of carbonyl (C=O) groups is 3. The van der Waals surface area contributed by atoms with E-state index in [0.717, 1.165) is 19.4 Å². The van der Waals surface area contributed by atoms with Gasteiger partial charge in [0.05, 0.1) is 18.3 Å².